The zero-order valence-electron chi connectivity index (χ0n) is 22.8. The predicted molar refractivity (Wildman–Crippen MR) is 176 cm³/mol. The average Bonchev–Trinajstić information content (AvgIpc) is 3.26. The first-order valence-corrected chi connectivity index (χ1v) is 13.7. The van der Waals surface area contributed by atoms with Crippen LogP contribution in [-0.2, 0) is 6.54 Å². The van der Waals surface area contributed by atoms with Crippen LogP contribution in [0.25, 0.3) is 56.1 Å². The van der Waals surface area contributed by atoms with Gasteiger partial charge in [-0.15, -0.1) is 6.58 Å². The molecule has 2 heteroatoms. The van der Waals surface area contributed by atoms with Gasteiger partial charge in [0.15, 0.2) is 0 Å². The van der Waals surface area contributed by atoms with E-state index in [-0.39, 0.29) is 0 Å². The third kappa shape index (κ3) is 4.34. The Morgan fingerprint density at radius 3 is 2.35 bits per heavy atom. The first kappa shape index (κ1) is 25.2. The summed E-state index contributed by atoms with van der Waals surface area (Å²) in [5.41, 5.74) is 10.7. The molecule has 2 heterocycles. The maximum Gasteiger partial charge on any atom is 0.0515 e. The number of rotatable bonds is 8. The Labute approximate surface area is 236 Å². The van der Waals surface area contributed by atoms with Gasteiger partial charge in [-0.25, -0.2) is 0 Å². The predicted octanol–water partition coefficient (Wildman–Crippen LogP) is 10.7. The number of benzene rings is 4. The number of fused-ring (bicyclic) bond motifs is 3. The molecule has 1 aliphatic rings. The van der Waals surface area contributed by atoms with E-state index in [9.17, 15) is 0 Å². The van der Waals surface area contributed by atoms with Gasteiger partial charge in [-0.05, 0) is 53.3 Å². The van der Waals surface area contributed by atoms with Crippen molar-refractivity contribution in [1.29, 1.82) is 0 Å². The summed E-state index contributed by atoms with van der Waals surface area (Å²) in [6.45, 7) is 10.6. The summed E-state index contributed by atoms with van der Waals surface area (Å²) < 4.78 is 2.34. The normalized spacial score (nSPS) is 12.7. The number of nitrogens with one attached hydrogen (secondary N) is 1. The lowest BCUT2D eigenvalue weighted by atomic mass is 9.87. The van der Waals surface area contributed by atoms with Gasteiger partial charge in [0, 0.05) is 45.5 Å². The third-order valence-electron chi connectivity index (χ3n) is 7.46. The molecule has 4 aromatic carbocycles. The summed E-state index contributed by atoms with van der Waals surface area (Å²) in [6, 6.07) is 26.4. The van der Waals surface area contributed by atoms with Gasteiger partial charge in [0.05, 0.1) is 5.52 Å². The van der Waals surface area contributed by atoms with Crippen molar-refractivity contribution in [2.75, 3.05) is 5.32 Å². The third-order valence-corrected chi connectivity index (χ3v) is 7.46. The van der Waals surface area contributed by atoms with Crippen LogP contribution in [0, 0.1) is 0 Å². The van der Waals surface area contributed by atoms with E-state index in [0.717, 1.165) is 17.1 Å². The van der Waals surface area contributed by atoms with E-state index in [2.05, 4.69) is 132 Å². The second kappa shape index (κ2) is 11.0. The van der Waals surface area contributed by atoms with Crippen LogP contribution in [0.5, 0.6) is 0 Å². The molecule has 0 saturated carbocycles. The molecule has 1 aliphatic heterocycles. The highest BCUT2D eigenvalue weighted by atomic mass is 15.0. The molecule has 2 nitrogen and oxygen atoms in total. The molecule has 0 saturated heterocycles. The molecule has 1 aromatic heterocycles. The van der Waals surface area contributed by atoms with Crippen LogP contribution in [0.1, 0.15) is 18.2 Å². The van der Waals surface area contributed by atoms with Crippen molar-refractivity contribution in [3.05, 3.63) is 146 Å². The molecule has 0 radical (unpaired) electrons. The highest BCUT2D eigenvalue weighted by Crippen LogP contribution is 2.48. The highest BCUT2D eigenvalue weighted by molar-refractivity contribution is 6.17. The maximum absolute atomic E-state index is 4.06. The van der Waals surface area contributed by atoms with Gasteiger partial charge in [0.2, 0.25) is 0 Å². The van der Waals surface area contributed by atoms with Crippen molar-refractivity contribution < 1.29 is 0 Å². The van der Waals surface area contributed by atoms with E-state index in [1.807, 2.05) is 25.2 Å². The van der Waals surface area contributed by atoms with E-state index in [1.54, 1.807) is 6.08 Å². The van der Waals surface area contributed by atoms with Gasteiger partial charge in [0.25, 0.3) is 0 Å². The largest absolute Gasteiger partial charge is 0.354 e. The van der Waals surface area contributed by atoms with Crippen LogP contribution in [0.3, 0.4) is 0 Å². The van der Waals surface area contributed by atoms with Crippen LogP contribution in [0.2, 0.25) is 0 Å². The molecule has 0 amide bonds. The summed E-state index contributed by atoms with van der Waals surface area (Å²) >= 11 is 0. The lowest BCUT2D eigenvalue weighted by molar-refractivity contribution is 0.854. The number of nitrogens with zero attached hydrogens (tertiary/aromatic N) is 1. The molecular weight excluding hydrogens is 484 g/mol. The van der Waals surface area contributed by atoms with E-state index in [1.165, 1.54) is 49.5 Å². The fraction of sp³-hybridized carbons (Fsp3) is 0.0526. The van der Waals surface area contributed by atoms with Gasteiger partial charge in [-0.1, -0.05) is 116 Å². The van der Waals surface area contributed by atoms with Gasteiger partial charge < -0.3 is 9.88 Å². The Balaban J connectivity index is 1.62. The number of aromatic nitrogens is 1. The molecule has 0 aliphatic carbocycles. The van der Waals surface area contributed by atoms with Gasteiger partial charge in [0.1, 0.15) is 0 Å². The summed E-state index contributed by atoms with van der Waals surface area (Å²) in [5, 5.41) is 7.52. The minimum absolute atomic E-state index is 0.712. The first-order chi connectivity index (χ1) is 19.7. The smallest absolute Gasteiger partial charge is 0.0515 e. The van der Waals surface area contributed by atoms with Crippen molar-refractivity contribution >= 4 is 45.2 Å². The van der Waals surface area contributed by atoms with Crippen LogP contribution >= 0.6 is 0 Å². The van der Waals surface area contributed by atoms with Gasteiger partial charge in [-0.2, -0.15) is 0 Å². The lowest BCUT2D eigenvalue weighted by Crippen LogP contribution is -2.03. The number of allylic oxidation sites excluding steroid dienone is 8. The topological polar surface area (TPSA) is 17.0 Å². The van der Waals surface area contributed by atoms with Gasteiger partial charge in [-0.3, -0.25) is 0 Å². The summed E-state index contributed by atoms with van der Waals surface area (Å²) in [7, 11) is 0. The Morgan fingerprint density at radius 2 is 1.55 bits per heavy atom. The fourth-order valence-electron chi connectivity index (χ4n) is 5.75. The molecule has 0 unspecified atom stereocenters. The number of anilines is 2. The van der Waals surface area contributed by atoms with Crippen LogP contribution in [-0.4, -0.2) is 4.57 Å². The Bertz CT molecular complexity index is 1870. The SMILES string of the molecule is C=C/C=C\C=C/c1c(/C=C/C=C/C)c2cc3c(cc2n1CC=C)Nc1cccc2c(-c4ccccc4)ccc-3c12. The Kier molecular flexibility index (Phi) is 6.91. The van der Waals surface area contributed by atoms with Crippen molar-refractivity contribution in [3.8, 4) is 22.3 Å². The second-order valence-electron chi connectivity index (χ2n) is 9.86. The van der Waals surface area contributed by atoms with Crippen molar-refractivity contribution in [2.45, 2.75) is 13.5 Å². The van der Waals surface area contributed by atoms with Crippen molar-refractivity contribution in [2.24, 2.45) is 0 Å². The molecule has 0 atom stereocenters. The zero-order chi connectivity index (χ0) is 27.5. The quantitative estimate of drug-likeness (QED) is 0.157. The molecular formula is C38H32N2. The monoisotopic (exact) mass is 516 g/mol. The molecule has 0 spiro atoms. The van der Waals surface area contributed by atoms with Crippen molar-refractivity contribution in [3.63, 3.8) is 0 Å². The van der Waals surface area contributed by atoms with Crippen LogP contribution in [0.15, 0.2) is 135 Å². The van der Waals surface area contributed by atoms with E-state index < -0.39 is 0 Å². The Hall–Kier alpha value is -5.08. The standard InChI is InChI=1S/C38H32N2/c1-4-7-9-14-21-36-29(18-11-8-5-2)33-25-32-31-23-22-28(27-16-12-10-13-17-27)30-19-15-20-34(38(30)31)39-35(32)26-37(33)40(36)24-6-3/h4-23,25-26,39H,1,3,24H2,2H3/b8-5+,9-7-,18-11+,21-14-. The molecule has 0 bridgehead atoms. The van der Waals surface area contributed by atoms with Crippen LogP contribution in [0.4, 0.5) is 11.4 Å². The molecule has 5 aromatic rings. The van der Waals surface area contributed by atoms with Crippen LogP contribution < -0.4 is 5.32 Å². The molecule has 6 rings (SSSR count). The molecule has 1 N–H and O–H groups in total. The van der Waals surface area contributed by atoms with E-state index in [4.69, 9.17) is 0 Å². The first-order valence-electron chi connectivity index (χ1n) is 13.7. The van der Waals surface area contributed by atoms with Gasteiger partial charge >= 0.3 is 0 Å². The highest BCUT2D eigenvalue weighted by Gasteiger charge is 2.23. The van der Waals surface area contributed by atoms with Crippen molar-refractivity contribution in [1.82, 2.24) is 4.57 Å². The average molecular weight is 517 g/mol. The number of hydrogen-bond acceptors (Lipinski definition) is 1. The summed E-state index contributed by atoms with van der Waals surface area (Å²) in [5.74, 6) is 0. The minimum Gasteiger partial charge on any atom is -0.354 e. The summed E-state index contributed by atoms with van der Waals surface area (Å²) in [4.78, 5) is 0. The van der Waals surface area contributed by atoms with E-state index in [0.29, 0.717) is 6.54 Å². The second-order valence-corrected chi connectivity index (χ2v) is 9.86. The minimum atomic E-state index is 0.712. The number of hydrogen-bond donors (Lipinski definition) is 1. The summed E-state index contributed by atoms with van der Waals surface area (Å²) in [6.07, 6.45) is 20.4. The van der Waals surface area contributed by atoms with E-state index >= 15 is 0 Å². The molecule has 0 fully saturated rings. The molecule has 40 heavy (non-hydrogen) atoms. The fourth-order valence-corrected chi connectivity index (χ4v) is 5.75. The maximum atomic E-state index is 4.06. The lowest BCUT2D eigenvalue weighted by Gasteiger charge is -2.24. The Morgan fingerprint density at radius 1 is 0.725 bits per heavy atom. The zero-order valence-corrected chi connectivity index (χ0v) is 22.8. The molecule has 194 valence electrons.